The van der Waals surface area contributed by atoms with Gasteiger partial charge in [-0.05, 0) is 18.9 Å². The summed E-state index contributed by atoms with van der Waals surface area (Å²) in [4.78, 5) is 0. The van der Waals surface area contributed by atoms with Gasteiger partial charge in [0.1, 0.15) is 0 Å². The Bertz CT molecular complexity index is 423. The van der Waals surface area contributed by atoms with Crippen LogP contribution in [-0.2, 0) is 4.74 Å². The van der Waals surface area contributed by atoms with Gasteiger partial charge in [0.05, 0.1) is 16.1 Å². The molecule has 106 valence electrons. The minimum absolute atomic E-state index is 0.0474. The molecular formula is C15H21Cl2NO. The molecule has 19 heavy (non-hydrogen) atoms. The van der Waals surface area contributed by atoms with E-state index in [-0.39, 0.29) is 6.10 Å². The molecule has 1 N–H and O–H groups in total. The Balaban J connectivity index is 2.16. The first-order valence-corrected chi connectivity index (χ1v) is 7.64. The Morgan fingerprint density at radius 2 is 2.16 bits per heavy atom. The summed E-state index contributed by atoms with van der Waals surface area (Å²) in [5.74, 6) is 0.451. The fraction of sp³-hybridized carbons (Fsp3) is 0.600. The monoisotopic (exact) mass is 301 g/mol. The zero-order chi connectivity index (χ0) is 13.8. The lowest BCUT2D eigenvalue weighted by Crippen LogP contribution is -2.35. The molecule has 0 bridgehead atoms. The van der Waals surface area contributed by atoms with Gasteiger partial charge in [0.25, 0.3) is 0 Å². The van der Waals surface area contributed by atoms with Crippen molar-refractivity contribution in [3.8, 4) is 0 Å². The molecule has 0 aliphatic carbocycles. The maximum absolute atomic E-state index is 6.32. The Labute approximate surface area is 125 Å². The molecule has 4 heteroatoms. The van der Waals surface area contributed by atoms with Crippen molar-refractivity contribution >= 4 is 23.2 Å². The summed E-state index contributed by atoms with van der Waals surface area (Å²) < 4.78 is 5.96. The number of rotatable bonds is 4. The van der Waals surface area contributed by atoms with Crippen molar-refractivity contribution in [2.45, 2.75) is 38.8 Å². The zero-order valence-electron chi connectivity index (χ0n) is 11.5. The van der Waals surface area contributed by atoms with Crippen LogP contribution in [0.15, 0.2) is 18.2 Å². The number of ether oxygens (including phenoxy) is 1. The highest BCUT2D eigenvalue weighted by Gasteiger charge is 2.29. The quantitative estimate of drug-likeness (QED) is 0.886. The van der Waals surface area contributed by atoms with Crippen LogP contribution in [0.2, 0.25) is 10.0 Å². The van der Waals surface area contributed by atoms with Crippen LogP contribution >= 0.6 is 23.2 Å². The van der Waals surface area contributed by atoms with Crippen LogP contribution in [0.5, 0.6) is 0 Å². The topological polar surface area (TPSA) is 21.3 Å². The molecule has 2 rings (SSSR count). The van der Waals surface area contributed by atoms with Gasteiger partial charge in [0, 0.05) is 30.7 Å². The molecule has 1 aromatic rings. The van der Waals surface area contributed by atoms with Gasteiger partial charge in [-0.2, -0.15) is 0 Å². The molecule has 0 spiro atoms. The van der Waals surface area contributed by atoms with Gasteiger partial charge in [0.2, 0.25) is 0 Å². The summed E-state index contributed by atoms with van der Waals surface area (Å²) in [5, 5.41) is 4.72. The van der Waals surface area contributed by atoms with E-state index in [1.165, 1.54) is 0 Å². The van der Waals surface area contributed by atoms with Crippen LogP contribution in [0.4, 0.5) is 0 Å². The molecule has 1 saturated heterocycles. The summed E-state index contributed by atoms with van der Waals surface area (Å²) in [6.07, 6.45) is 2.32. The second-order valence-corrected chi connectivity index (χ2v) is 6.18. The number of hydrogen-bond donors (Lipinski definition) is 1. The summed E-state index contributed by atoms with van der Waals surface area (Å²) in [6.45, 7) is 6.06. The molecule has 1 heterocycles. The number of hydrogen-bond acceptors (Lipinski definition) is 2. The molecule has 2 unspecified atom stereocenters. The number of halogens is 2. The summed E-state index contributed by atoms with van der Waals surface area (Å²) in [5.41, 5.74) is 1.02. The minimum atomic E-state index is 0.0474. The third-order valence-corrected chi connectivity index (χ3v) is 4.35. The predicted molar refractivity (Wildman–Crippen MR) is 81.0 cm³/mol. The predicted octanol–water partition coefficient (Wildman–Crippen LogP) is 4.46. The zero-order valence-corrected chi connectivity index (χ0v) is 13.0. The molecule has 0 amide bonds. The van der Waals surface area contributed by atoms with Crippen molar-refractivity contribution in [1.29, 1.82) is 0 Å². The molecule has 0 aromatic heterocycles. The fourth-order valence-electron chi connectivity index (χ4n) is 2.52. The lowest BCUT2D eigenvalue weighted by atomic mass is 9.89. The SMILES string of the molecule is CC(C)NCC1CCCOC1c1cccc(Cl)c1Cl. The van der Waals surface area contributed by atoms with Crippen LogP contribution in [0.1, 0.15) is 38.4 Å². The molecule has 1 aliphatic rings. The second kappa shape index (κ2) is 6.94. The number of benzene rings is 1. The van der Waals surface area contributed by atoms with E-state index in [1.807, 2.05) is 18.2 Å². The van der Waals surface area contributed by atoms with Crippen molar-refractivity contribution in [2.75, 3.05) is 13.2 Å². The average molecular weight is 302 g/mol. The highest BCUT2D eigenvalue weighted by molar-refractivity contribution is 6.42. The maximum Gasteiger partial charge on any atom is 0.0880 e. The van der Waals surface area contributed by atoms with Gasteiger partial charge < -0.3 is 10.1 Å². The van der Waals surface area contributed by atoms with E-state index < -0.39 is 0 Å². The van der Waals surface area contributed by atoms with E-state index in [1.54, 1.807) is 0 Å². The van der Waals surface area contributed by atoms with E-state index in [9.17, 15) is 0 Å². The van der Waals surface area contributed by atoms with E-state index >= 15 is 0 Å². The summed E-state index contributed by atoms with van der Waals surface area (Å²) >= 11 is 12.4. The van der Waals surface area contributed by atoms with Crippen LogP contribution in [-0.4, -0.2) is 19.2 Å². The Kier molecular flexibility index (Phi) is 5.52. The van der Waals surface area contributed by atoms with E-state index in [0.717, 1.165) is 31.6 Å². The largest absolute Gasteiger partial charge is 0.373 e. The van der Waals surface area contributed by atoms with Gasteiger partial charge in [-0.3, -0.25) is 0 Å². The molecule has 1 aliphatic heterocycles. The second-order valence-electron chi connectivity index (χ2n) is 5.40. The van der Waals surface area contributed by atoms with Crippen molar-refractivity contribution in [1.82, 2.24) is 5.32 Å². The normalized spacial score (nSPS) is 23.8. The first kappa shape index (κ1) is 15.1. The molecule has 2 nitrogen and oxygen atoms in total. The van der Waals surface area contributed by atoms with Gasteiger partial charge in [0.15, 0.2) is 0 Å². The molecule has 0 radical (unpaired) electrons. The maximum atomic E-state index is 6.32. The third kappa shape index (κ3) is 3.85. The van der Waals surface area contributed by atoms with Gasteiger partial charge in [-0.25, -0.2) is 0 Å². The van der Waals surface area contributed by atoms with Crippen LogP contribution in [0.3, 0.4) is 0 Å². The standard InChI is InChI=1S/C15H21Cl2NO/c1-10(2)18-9-11-5-4-8-19-15(11)12-6-3-7-13(16)14(12)17/h3,6-7,10-11,15,18H,4-5,8-9H2,1-2H3. The molecule has 1 aromatic carbocycles. The number of nitrogens with one attached hydrogen (secondary N) is 1. The van der Waals surface area contributed by atoms with Crippen molar-refractivity contribution in [3.63, 3.8) is 0 Å². The Morgan fingerprint density at radius 3 is 2.89 bits per heavy atom. The van der Waals surface area contributed by atoms with Crippen molar-refractivity contribution < 1.29 is 4.74 Å². The van der Waals surface area contributed by atoms with E-state index in [0.29, 0.717) is 22.0 Å². The molecule has 0 saturated carbocycles. The lowest BCUT2D eigenvalue weighted by molar-refractivity contribution is -0.0281. The third-order valence-electron chi connectivity index (χ3n) is 3.52. The van der Waals surface area contributed by atoms with Crippen molar-refractivity contribution in [2.24, 2.45) is 5.92 Å². The highest BCUT2D eigenvalue weighted by atomic mass is 35.5. The highest BCUT2D eigenvalue weighted by Crippen LogP contribution is 2.39. The molecule has 1 fully saturated rings. The van der Waals surface area contributed by atoms with Gasteiger partial charge in [-0.15, -0.1) is 0 Å². The van der Waals surface area contributed by atoms with Crippen LogP contribution in [0.25, 0.3) is 0 Å². The first-order valence-electron chi connectivity index (χ1n) is 6.88. The fourth-order valence-corrected chi connectivity index (χ4v) is 2.94. The van der Waals surface area contributed by atoms with Crippen LogP contribution in [0, 0.1) is 5.92 Å². The van der Waals surface area contributed by atoms with Crippen molar-refractivity contribution in [3.05, 3.63) is 33.8 Å². The Hall–Kier alpha value is -0.280. The van der Waals surface area contributed by atoms with E-state index in [4.69, 9.17) is 27.9 Å². The summed E-state index contributed by atoms with van der Waals surface area (Å²) in [6, 6.07) is 6.26. The van der Waals surface area contributed by atoms with Crippen LogP contribution < -0.4 is 5.32 Å². The minimum Gasteiger partial charge on any atom is -0.373 e. The molecular weight excluding hydrogens is 281 g/mol. The molecule has 2 atom stereocenters. The summed E-state index contributed by atoms with van der Waals surface area (Å²) in [7, 11) is 0. The first-order chi connectivity index (χ1) is 9.09. The van der Waals surface area contributed by atoms with Gasteiger partial charge >= 0.3 is 0 Å². The van der Waals surface area contributed by atoms with Gasteiger partial charge in [-0.1, -0.05) is 49.2 Å². The smallest absolute Gasteiger partial charge is 0.0880 e. The Morgan fingerprint density at radius 1 is 1.37 bits per heavy atom. The van der Waals surface area contributed by atoms with E-state index in [2.05, 4.69) is 19.2 Å². The average Bonchev–Trinajstić information content (AvgIpc) is 2.40. The lowest BCUT2D eigenvalue weighted by Gasteiger charge is -2.33.